The number of likely N-dealkylation sites (tertiary alicyclic amines) is 1. The Bertz CT molecular complexity index is 1200. The topological polar surface area (TPSA) is 45.5 Å². The number of furan rings is 1. The number of carbonyl (C=O) groups is 1. The molecule has 6 heteroatoms. The van der Waals surface area contributed by atoms with Crippen LogP contribution in [0, 0.1) is 5.82 Å². The lowest BCUT2D eigenvalue weighted by Gasteiger charge is -2.34. The highest BCUT2D eigenvalue weighted by Gasteiger charge is 2.31. The van der Waals surface area contributed by atoms with Gasteiger partial charge in [0.15, 0.2) is 0 Å². The first-order valence-electron chi connectivity index (χ1n) is 10.6. The van der Waals surface area contributed by atoms with Crippen LogP contribution in [-0.4, -0.2) is 23.9 Å². The van der Waals surface area contributed by atoms with Crippen LogP contribution in [0.15, 0.2) is 70.5 Å². The first-order valence-corrected chi connectivity index (χ1v) is 11.4. The number of hydrogen-bond acceptors (Lipinski definition) is 4. The molecule has 1 atom stereocenters. The van der Waals surface area contributed by atoms with Crippen LogP contribution in [0.3, 0.4) is 0 Å². The number of halogens is 1. The van der Waals surface area contributed by atoms with Crippen LogP contribution in [0.5, 0.6) is 0 Å². The van der Waals surface area contributed by atoms with Gasteiger partial charge in [-0.2, -0.15) is 0 Å². The van der Waals surface area contributed by atoms with E-state index in [0.29, 0.717) is 21.9 Å². The number of benzene rings is 2. The number of carbonyl (C=O) groups excluding carboxylic acids is 1. The molecule has 2 aromatic carbocycles. The summed E-state index contributed by atoms with van der Waals surface area (Å²) in [5, 5.41) is 5.83. The minimum Gasteiger partial charge on any atom is -0.457 e. The van der Waals surface area contributed by atoms with Crippen LogP contribution in [0.1, 0.15) is 46.3 Å². The normalized spacial score (nSPS) is 15.8. The largest absolute Gasteiger partial charge is 0.457 e. The molecule has 5 rings (SSSR count). The molecule has 1 N–H and O–H groups in total. The summed E-state index contributed by atoms with van der Waals surface area (Å²) in [6, 6.07) is 17.8. The third kappa shape index (κ3) is 4.01. The molecule has 1 amide bonds. The van der Waals surface area contributed by atoms with Crippen molar-refractivity contribution in [2.75, 3.05) is 18.4 Å². The predicted octanol–water partition coefficient (Wildman–Crippen LogP) is 6.46. The Kier molecular flexibility index (Phi) is 5.57. The number of anilines is 1. The van der Waals surface area contributed by atoms with Gasteiger partial charge in [-0.15, -0.1) is 11.3 Å². The number of fused-ring (bicyclic) bond motifs is 1. The molecule has 158 valence electrons. The van der Waals surface area contributed by atoms with E-state index in [9.17, 15) is 9.18 Å². The molecular weight excluding hydrogens is 411 g/mol. The van der Waals surface area contributed by atoms with Crippen LogP contribution in [-0.2, 0) is 0 Å². The van der Waals surface area contributed by atoms with Gasteiger partial charge in [0.25, 0.3) is 5.91 Å². The fourth-order valence-electron chi connectivity index (χ4n) is 4.35. The van der Waals surface area contributed by atoms with Crippen molar-refractivity contribution >= 4 is 33.9 Å². The fraction of sp³-hybridized carbons (Fsp3) is 0.240. The Hall–Kier alpha value is -2.96. The Morgan fingerprint density at radius 3 is 2.65 bits per heavy atom. The maximum Gasteiger partial charge on any atom is 0.265 e. The summed E-state index contributed by atoms with van der Waals surface area (Å²) in [7, 11) is 0. The molecule has 4 nitrogen and oxygen atoms in total. The first-order chi connectivity index (χ1) is 15.2. The Labute approximate surface area is 184 Å². The highest BCUT2D eigenvalue weighted by atomic mass is 32.1. The van der Waals surface area contributed by atoms with E-state index in [0.717, 1.165) is 36.9 Å². The monoisotopic (exact) mass is 434 g/mol. The van der Waals surface area contributed by atoms with Gasteiger partial charge in [0.1, 0.15) is 17.2 Å². The first kappa shape index (κ1) is 20.0. The van der Waals surface area contributed by atoms with E-state index >= 15 is 0 Å². The smallest absolute Gasteiger partial charge is 0.265 e. The lowest BCUT2D eigenvalue weighted by atomic mass is 9.98. The number of para-hydroxylation sites is 1. The summed E-state index contributed by atoms with van der Waals surface area (Å²) in [6.07, 6.45) is 3.36. The summed E-state index contributed by atoms with van der Waals surface area (Å²) in [5.41, 5.74) is 2.19. The fourth-order valence-corrected chi connectivity index (χ4v) is 4.97. The number of thiophene rings is 1. The Morgan fingerprint density at radius 1 is 1.03 bits per heavy atom. The molecule has 0 unspecified atom stereocenters. The Balaban J connectivity index is 1.65. The van der Waals surface area contributed by atoms with Crippen molar-refractivity contribution in [3.8, 4) is 0 Å². The summed E-state index contributed by atoms with van der Waals surface area (Å²) in [4.78, 5) is 15.9. The quantitative estimate of drug-likeness (QED) is 0.392. The summed E-state index contributed by atoms with van der Waals surface area (Å²) in [5.74, 6) is 0.206. The number of rotatable bonds is 5. The second-order valence-corrected chi connectivity index (χ2v) is 8.77. The van der Waals surface area contributed by atoms with Crippen molar-refractivity contribution in [1.82, 2.24) is 4.90 Å². The van der Waals surface area contributed by atoms with Crippen molar-refractivity contribution in [2.45, 2.75) is 25.3 Å². The lowest BCUT2D eigenvalue weighted by molar-refractivity contribution is 0.102. The van der Waals surface area contributed by atoms with E-state index in [4.69, 9.17) is 4.42 Å². The van der Waals surface area contributed by atoms with Crippen molar-refractivity contribution in [1.29, 1.82) is 0 Å². The molecule has 4 aromatic rings. The third-order valence-corrected chi connectivity index (χ3v) is 6.64. The zero-order chi connectivity index (χ0) is 21.2. The van der Waals surface area contributed by atoms with Crippen LogP contribution in [0.25, 0.3) is 11.0 Å². The lowest BCUT2D eigenvalue weighted by Crippen LogP contribution is -2.34. The van der Waals surface area contributed by atoms with Gasteiger partial charge >= 0.3 is 0 Å². The molecule has 1 aliphatic heterocycles. The van der Waals surface area contributed by atoms with Gasteiger partial charge in [-0.3, -0.25) is 9.69 Å². The van der Waals surface area contributed by atoms with E-state index < -0.39 is 0 Å². The molecule has 2 aromatic heterocycles. The molecule has 3 heterocycles. The van der Waals surface area contributed by atoms with E-state index in [1.807, 2.05) is 41.8 Å². The summed E-state index contributed by atoms with van der Waals surface area (Å²) in [6.45, 7) is 1.80. The highest BCUT2D eigenvalue weighted by molar-refractivity contribution is 7.12. The van der Waals surface area contributed by atoms with Gasteiger partial charge in [-0.1, -0.05) is 36.8 Å². The van der Waals surface area contributed by atoms with Gasteiger partial charge in [0, 0.05) is 5.39 Å². The molecule has 0 bridgehead atoms. The van der Waals surface area contributed by atoms with Crippen LogP contribution < -0.4 is 5.32 Å². The standard InChI is InChI=1S/C25H23FN2O2S/c26-18-9-6-8-17(16-18)23(28-13-4-1-5-14-28)24-22(19-10-2-3-11-20(19)30-24)27-25(29)21-12-7-15-31-21/h2-3,6-12,15-16,23H,1,4-5,13-14H2,(H,27,29)/t23-/m0/s1. The summed E-state index contributed by atoms with van der Waals surface area (Å²) >= 11 is 1.40. The molecule has 0 radical (unpaired) electrons. The third-order valence-electron chi connectivity index (χ3n) is 5.77. The number of nitrogens with zero attached hydrogens (tertiary/aromatic N) is 1. The highest BCUT2D eigenvalue weighted by Crippen LogP contribution is 2.41. The number of amides is 1. The van der Waals surface area contributed by atoms with Crippen LogP contribution in [0.2, 0.25) is 0 Å². The van der Waals surface area contributed by atoms with E-state index in [1.165, 1.54) is 23.8 Å². The zero-order valence-electron chi connectivity index (χ0n) is 17.0. The van der Waals surface area contributed by atoms with E-state index in [2.05, 4.69) is 10.2 Å². The number of nitrogens with one attached hydrogen (secondary N) is 1. The van der Waals surface area contributed by atoms with Crippen molar-refractivity contribution in [3.05, 3.63) is 88.1 Å². The number of piperidine rings is 1. The molecule has 0 aliphatic carbocycles. The number of hydrogen-bond donors (Lipinski definition) is 1. The molecule has 31 heavy (non-hydrogen) atoms. The SMILES string of the molecule is O=C(Nc1c([C@H](c2cccc(F)c2)N2CCCCC2)oc2ccccc12)c1cccs1. The van der Waals surface area contributed by atoms with Crippen molar-refractivity contribution in [2.24, 2.45) is 0 Å². The second-order valence-electron chi connectivity index (χ2n) is 7.82. The van der Waals surface area contributed by atoms with Crippen LogP contribution >= 0.6 is 11.3 Å². The van der Waals surface area contributed by atoms with Gasteiger partial charge in [-0.25, -0.2) is 4.39 Å². The van der Waals surface area contributed by atoms with Crippen LogP contribution in [0.4, 0.5) is 10.1 Å². The van der Waals surface area contributed by atoms with E-state index in [1.54, 1.807) is 18.2 Å². The zero-order valence-corrected chi connectivity index (χ0v) is 17.8. The summed E-state index contributed by atoms with van der Waals surface area (Å²) < 4.78 is 20.5. The molecule has 1 saturated heterocycles. The average molecular weight is 435 g/mol. The maximum atomic E-state index is 14.2. The van der Waals surface area contributed by atoms with Gasteiger partial charge in [0.05, 0.1) is 16.6 Å². The minimum atomic E-state index is -0.278. The molecule has 0 saturated carbocycles. The average Bonchev–Trinajstić information content (AvgIpc) is 3.44. The minimum absolute atomic E-state index is 0.167. The van der Waals surface area contributed by atoms with Crippen molar-refractivity contribution < 1.29 is 13.6 Å². The maximum absolute atomic E-state index is 14.2. The molecule has 0 spiro atoms. The second kappa shape index (κ2) is 8.65. The van der Waals surface area contributed by atoms with E-state index in [-0.39, 0.29) is 17.8 Å². The van der Waals surface area contributed by atoms with Gasteiger partial charge < -0.3 is 9.73 Å². The molecule has 1 fully saturated rings. The van der Waals surface area contributed by atoms with Gasteiger partial charge in [-0.05, 0) is 67.2 Å². The van der Waals surface area contributed by atoms with Crippen molar-refractivity contribution in [3.63, 3.8) is 0 Å². The molecule has 1 aliphatic rings. The predicted molar refractivity (Wildman–Crippen MR) is 122 cm³/mol. The molecular formula is C25H23FN2O2S. The Morgan fingerprint density at radius 2 is 1.87 bits per heavy atom. The van der Waals surface area contributed by atoms with Gasteiger partial charge in [0.2, 0.25) is 0 Å².